The van der Waals surface area contributed by atoms with Gasteiger partial charge < -0.3 is 14.8 Å². The van der Waals surface area contributed by atoms with Crippen LogP contribution in [-0.2, 0) is 26.2 Å². The third-order valence-electron chi connectivity index (χ3n) is 4.12. The monoisotopic (exact) mass is 417 g/mol. The molecule has 0 bridgehead atoms. The highest BCUT2D eigenvalue weighted by molar-refractivity contribution is 7.14. The number of thiophene rings is 1. The largest absolute Gasteiger partial charge is 0.482 e. The number of esters is 1. The van der Waals surface area contributed by atoms with E-state index in [1.807, 2.05) is 30.3 Å². The summed E-state index contributed by atoms with van der Waals surface area (Å²) in [7, 11) is 0. The lowest BCUT2D eigenvalue weighted by Gasteiger charge is -2.19. The molecule has 0 unspecified atom stereocenters. The van der Waals surface area contributed by atoms with Gasteiger partial charge in [-0.2, -0.15) is 0 Å². The van der Waals surface area contributed by atoms with Gasteiger partial charge in [0.1, 0.15) is 5.75 Å². The SMILES string of the molecule is CC(=O)NCCc1ccc(C(=O)COC(=O)COc2ccc(C(C)(C)C)cc2)s1. The number of rotatable bonds is 9. The van der Waals surface area contributed by atoms with E-state index in [1.165, 1.54) is 23.8 Å². The van der Waals surface area contributed by atoms with Crippen molar-refractivity contribution in [1.82, 2.24) is 5.32 Å². The minimum absolute atomic E-state index is 0.0451. The zero-order valence-electron chi connectivity index (χ0n) is 17.2. The fourth-order valence-electron chi connectivity index (χ4n) is 2.48. The quantitative estimate of drug-likeness (QED) is 0.499. The number of ketones is 1. The van der Waals surface area contributed by atoms with Gasteiger partial charge in [0.15, 0.2) is 13.2 Å². The van der Waals surface area contributed by atoms with Crippen LogP contribution in [0.1, 0.15) is 47.8 Å². The summed E-state index contributed by atoms with van der Waals surface area (Å²) < 4.78 is 10.4. The van der Waals surface area contributed by atoms with Gasteiger partial charge in [-0.25, -0.2) is 4.79 Å². The highest BCUT2D eigenvalue weighted by Gasteiger charge is 2.15. The number of carbonyl (C=O) groups excluding carboxylic acids is 3. The number of ether oxygens (including phenoxy) is 2. The van der Waals surface area contributed by atoms with E-state index >= 15 is 0 Å². The molecule has 0 aliphatic rings. The van der Waals surface area contributed by atoms with Gasteiger partial charge in [0.25, 0.3) is 0 Å². The molecule has 7 heteroatoms. The summed E-state index contributed by atoms with van der Waals surface area (Å²) in [6.45, 7) is 7.77. The van der Waals surface area contributed by atoms with Crippen molar-refractivity contribution in [2.75, 3.05) is 19.8 Å². The predicted molar refractivity (Wildman–Crippen MR) is 113 cm³/mol. The third-order valence-corrected chi connectivity index (χ3v) is 5.31. The number of hydrogen-bond donors (Lipinski definition) is 1. The lowest BCUT2D eigenvalue weighted by molar-refractivity contribution is -0.144. The smallest absolute Gasteiger partial charge is 0.344 e. The van der Waals surface area contributed by atoms with Gasteiger partial charge in [0.2, 0.25) is 11.7 Å². The molecule has 1 aromatic carbocycles. The minimum atomic E-state index is -0.597. The summed E-state index contributed by atoms with van der Waals surface area (Å²) in [6.07, 6.45) is 0.652. The van der Waals surface area contributed by atoms with Crippen molar-refractivity contribution in [3.63, 3.8) is 0 Å². The highest BCUT2D eigenvalue weighted by Crippen LogP contribution is 2.24. The third kappa shape index (κ3) is 7.69. The number of Topliss-reactive ketones (excluding diaryl/α,β-unsaturated/α-hetero) is 1. The van der Waals surface area contributed by atoms with E-state index in [9.17, 15) is 14.4 Å². The van der Waals surface area contributed by atoms with Crippen molar-refractivity contribution < 1.29 is 23.9 Å². The zero-order valence-corrected chi connectivity index (χ0v) is 18.1. The number of benzene rings is 1. The van der Waals surface area contributed by atoms with Crippen LogP contribution in [0.2, 0.25) is 0 Å². The van der Waals surface area contributed by atoms with Crippen molar-refractivity contribution in [3.05, 3.63) is 51.7 Å². The van der Waals surface area contributed by atoms with E-state index in [2.05, 4.69) is 26.1 Å². The first-order valence-electron chi connectivity index (χ1n) is 9.40. The molecule has 6 nitrogen and oxygen atoms in total. The molecule has 0 aliphatic heterocycles. The van der Waals surface area contributed by atoms with Gasteiger partial charge in [-0.15, -0.1) is 11.3 Å². The van der Waals surface area contributed by atoms with Crippen LogP contribution in [0, 0.1) is 0 Å². The van der Waals surface area contributed by atoms with E-state index in [0.717, 1.165) is 4.88 Å². The lowest BCUT2D eigenvalue weighted by Crippen LogP contribution is -2.22. The maximum Gasteiger partial charge on any atom is 0.344 e. The van der Waals surface area contributed by atoms with E-state index in [1.54, 1.807) is 6.07 Å². The Morgan fingerprint density at radius 2 is 1.69 bits per heavy atom. The van der Waals surface area contributed by atoms with Crippen LogP contribution >= 0.6 is 11.3 Å². The molecule has 1 N–H and O–H groups in total. The number of carbonyl (C=O) groups is 3. The van der Waals surface area contributed by atoms with Gasteiger partial charge in [0.05, 0.1) is 4.88 Å². The van der Waals surface area contributed by atoms with Crippen LogP contribution in [-0.4, -0.2) is 37.4 Å². The Morgan fingerprint density at radius 3 is 2.31 bits per heavy atom. The Kier molecular flexibility index (Phi) is 7.96. The summed E-state index contributed by atoms with van der Waals surface area (Å²) in [5, 5.41) is 2.71. The van der Waals surface area contributed by atoms with Crippen LogP contribution in [0.4, 0.5) is 0 Å². The first-order chi connectivity index (χ1) is 13.6. The topological polar surface area (TPSA) is 81.7 Å². The molecular weight excluding hydrogens is 390 g/mol. The fraction of sp³-hybridized carbons (Fsp3) is 0.409. The van der Waals surface area contributed by atoms with Crippen molar-refractivity contribution in [2.24, 2.45) is 0 Å². The predicted octanol–water partition coefficient (Wildman–Crippen LogP) is 3.53. The Morgan fingerprint density at radius 1 is 1.00 bits per heavy atom. The van der Waals surface area contributed by atoms with Crippen molar-refractivity contribution in [3.8, 4) is 5.75 Å². The first kappa shape index (κ1) is 22.6. The molecule has 2 rings (SSSR count). The molecule has 0 fully saturated rings. The molecule has 1 aromatic heterocycles. The van der Waals surface area contributed by atoms with Gasteiger partial charge in [-0.1, -0.05) is 32.9 Å². The summed E-state index contributed by atoms with van der Waals surface area (Å²) in [5.74, 6) is -0.371. The Hall–Kier alpha value is -2.67. The van der Waals surface area contributed by atoms with Crippen LogP contribution in [0.3, 0.4) is 0 Å². The van der Waals surface area contributed by atoms with Gasteiger partial charge in [-0.3, -0.25) is 9.59 Å². The molecule has 0 saturated heterocycles. The molecule has 0 atom stereocenters. The first-order valence-corrected chi connectivity index (χ1v) is 10.2. The molecule has 0 radical (unpaired) electrons. The molecular formula is C22H27NO5S. The van der Waals surface area contributed by atoms with Gasteiger partial charge in [-0.05, 0) is 41.7 Å². The molecule has 2 aromatic rings. The zero-order chi connectivity index (χ0) is 21.4. The summed E-state index contributed by atoms with van der Waals surface area (Å²) >= 11 is 1.33. The molecule has 156 valence electrons. The van der Waals surface area contributed by atoms with Crippen LogP contribution in [0.15, 0.2) is 36.4 Å². The molecule has 1 heterocycles. The van der Waals surface area contributed by atoms with E-state index < -0.39 is 5.97 Å². The Labute approximate surface area is 175 Å². The standard InChI is InChI=1S/C22H27NO5S/c1-15(24)23-12-11-18-9-10-20(29-18)19(25)13-28-21(26)14-27-17-7-5-16(6-8-17)22(2,3)4/h5-10H,11-14H2,1-4H3,(H,23,24). The second kappa shape index (κ2) is 10.2. The normalized spacial score (nSPS) is 11.0. The summed E-state index contributed by atoms with van der Waals surface area (Å²) in [5.41, 5.74) is 1.22. The molecule has 0 spiro atoms. The number of hydrogen-bond acceptors (Lipinski definition) is 6. The molecule has 0 aliphatic carbocycles. The number of amides is 1. The van der Waals surface area contributed by atoms with Crippen molar-refractivity contribution in [1.29, 1.82) is 0 Å². The maximum atomic E-state index is 12.2. The van der Waals surface area contributed by atoms with Crippen LogP contribution in [0.25, 0.3) is 0 Å². The molecule has 29 heavy (non-hydrogen) atoms. The fourth-order valence-corrected chi connectivity index (χ4v) is 3.41. The average Bonchev–Trinajstić information content (AvgIpc) is 3.12. The molecule has 1 amide bonds. The Bertz CT molecular complexity index is 849. The second-order valence-electron chi connectivity index (χ2n) is 7.65. The van der Waals surface area contributed by atoms with E-state index in [4.69, 9.17) is 9.47 Å². The van der Waals surface area contributed by atoms with Crippen LogP contribution < -0.4 is 10.1 Å². The Balaban J connectivity index is 1.74. The number of nitrogens with one attached hydrogen (secondary N) is 1. The van der Waals surface area contributed by atoms with Gasteiger partial charge >= 0.3 is 5.97 Å². The molecule has 0 saturated carbocycles. The van der Waals surface area contributed by atoms with E-state index in [0.29, 0.717) is 23.6 Å². The van der Waals surface area contributed by atoms with Crippen molar-refractivity contribution >= 4 is 29.0 Å². The highest BCUT2D eigenvalue weighted by atomic mass is 32.1. The maximum absolute atomic E-state index is 12.2. The van der Waals surface area contributed by atoms with Crippen LogP contribution in [0.5, 0.6) is 5.75 Å². The minimum Gasteiger partial charge on any atom is -0.482 e. The summed E-state index contributed by atoms with van der Waals surface area (Å²) in [6, 6.07) is 11.1. The second-order valence-corrected chi connectivity index (χ2v) is 8.81. The lowest BCUT2D eigenvalue weighted by atomic mass is 9.87. The average molecular weight is 418 g/mol. The van der Waals surface area contributed by atoms with Crippen molar-refractivity contribution in [2.45, 2.75) is 39.5 Å². The summed E-state index contributed by atoms with van der Waals surface area (Å²) in [4.78, 5) is 36.4. The van der Waals surface area contributed by atoms with Gasteiger partial charge in [0, 0.05) is 18.3 Å². The van der Waals surface area contributed by atoms with E-state index in [-0.39, 0.29) is 30.3 Å².